The maximum Gasteiger partial charge on any atom is 0.416 e. The van der Waals surface area contributed by atoms with Crippen LogP contribution in [-0.2, 0) is 11.0 Å². The number of nitrogens with zero attached hydrogens (tertiary/aromatic N) is 2. The van der Waals surface area contributed by atoms with Crippen LogP contribution in [0, 0.1) is 0 Å². The number of halogens is 3. The third kappa shape index (κ3) is 4.38. The fraction of sp³-hybridized carbons (Fsp3) is 0.467. The molecular formula is C15H18F3N3O3. The highest BCUT2D eigenvalue weighted by Crippen LogP contribution is 2.30. The van der Waals surface area contributed by atoms with E-state index in [4.69, 9.17) is 0 Å². The summed E-state index contributed by atoms with van der Waals surface area (Å²) < 4.78 is 38.0. The number of aliphatic hydroxyl groups excluding tert-OH is 1. The molecule has 0 aliphatic carbocycles. The Morgan fingerprint density at radius 2 is 1.75 bits per heavy atom. The zero-order valence-electron chi connectivity index (χ0n) is 13.0. The Morgan fingerprint density at radius 1 is 1.17 bits per heavy atom. The number of piperazine rings is 1. The van der Waals surface area contributed by atoms with Gasteiger partial charge in [-0.2, -0.15) is 13.2 Å². The molecule has 2 rings (SSSR count). The number of hydrogen-bond donors (Lipinski definition) is 2. The number of amides is 3. The van der Waals surface area contributed by atoms with Crippen LogP contribution in [0.2, 0.25) is 0 Å². The normalized spacial score (nSPS) is 16.7. The molecule has 1 aromatic carbocycles. The number of rotatable bonds is 2. The lowest BCUT2D eigenvalue weighted by atomic mass is 10.2. The Balaban J connectivity index is 1.94. The Bertz CT molecular complexity index is 611. The Kier molecular flexibility index (Phi) is 5.33. The van der Waals surface area contributed by atoms with Crippen LogP contribution in [0.1, 0.15) is 12.5 Å². The molecule has 0 bridgehead atoms. The molecule has 2 N–H and O–H groups in total. The Hall–Kier alpha value is -2.29. The maximum atomic E-state index is 12.7. The summed E-state index contributed by atoms with van der Waals surface area (Å²) in [5.41, 5.74) is -0.787. The Morgan fingerprint density at radius 3 is 2.29 bits per heavy atom. The molecule has 0 unspecified atom stereocenters. The van der Waals surface area contributed by atoms with Gasteiger partial charge in [-0.05, 0) is 25.1 Å². The lowest BCUT2D eigenvalue weighted by molar-refractivity contribution is -0.140. The van der Waals surface area contributed by atoms with Gasteiger partial charge in [0.05, 0.1) is 5.56 Å². The Labute approximate surface area is 136 Å². The van der Waals surface area contributed by atoms with E-state index in [1.165, 1.54) is 28.9 Å². The monoisotopic (exact) mass is 345 g/mol. The second kappa shape index (κ2) is 7.08. The molecule has 1 heterocycles. The fourth-order valence-corrected chi connectivity index (χ4v) is 2.37. The number of alkyl halides is 3. The van der Waals surface area contributed by atoms with Crippen LogP contribution in [0.4, 0.5) is 23.7 Å². The lowest BCUT2D eigenvalue weighted by Crippen LogP contribution is -2.53. The molecule has 1 fully saturated rings. The van der Waals surface area contributed by atoms with E-state index < -0.39 is 29.8 Å². The van der Waals surface area contributed by atoms with Gasteiger partial charge in [-0.1, -0.05) is 6.07 Å². The number of urea groups is 1. The van der Waals surface area contributed by atoms with E-state index in [9.17, 15) is 27.9 Å². The fourth-order valence-electron chi connectivity index (χ4n) is 2.37. The van der Waals surface area contributed by atoms with Crippen molar-refractivity contribution in [2.45, 2.75) is 19.2 Å². The summed E-state index contributed by atoms with van der Waals surface area (Å²) in [4.78, 5) is 26.6. The molecule has 0 radical (unpaired) electrons. The van der Waals surface area contributed by atoms with Crippen LogP contribution >= 0.6 is 0 Å². The van der Waals surface area contributed by atoms with Crippen LogP contribution in [-0.4, -0.2) is 59.1 Å². The number of carbonyl (C=O) groups excluding carboxylic acids is 2. The second-order valence-corrected chi connectivity index (χ2v) is 5.50. The zero-order valence-corrected chi connectivity index (χ0v) is 13.0. The molecule has 6 nitrogen and oxygen atoms in total. The highest BCUT2D eigenvalue weighted by Gasteiger charge is 2.31. The van der Waals surface area contributed by atoms with E-state index in [-0.39, 0.29) is 31.9 Å². The number of carbonyl (C=O) groups is 2. The van der Waals surface area contributed by atoms with Crippen molar-refractivity contribution in [3.05, 3.63) is 29.8 Å². The van der Waals surface area contributed by atoms with Gasteiger partial charge >= 0.3 is 12.2 Å². The number of anilines is 1. The van der Waals surface area contributed by atoms with Gasteiger partial charge < -0.3 is 20.2 Å². The molecular weight excluding hydrogens is 327 g/mol. The van der Waals surface area contributed by atoms with Crippen LogP contribution in [0.5, 0.6) is 0 Å². The van der Waals surface area contributed by atoms with E-state index in [0.717, 1.165) is 12.1 Å². The predicted octanol–water partition coefficient (Wildman–Crippen LogP) is 1.76. The summed E-state index contributed by atoms with van der Waals surface area (Å²) in [6.45, 7) is 2.38. The zero-order chi connectivity index (χ0) is 17.9. The van der Waals surface area contributed by atoms with Crippen molar-refractivity contribution >= 4 is 17.6 Å². The number of benzene rings is 1. The third-order valence-electron chi connectivity index (χ3n) is 3.68. The maximum absolute atomic E-state index is 12.7. The molecule has 24 heavy (non-hydrogen) atoms. The molecule has 1 aliphatic rings. The lowest BCUT2D eigenvalue weighted by Gasteiger charge is -2.35. The molecule has 1 aromatic rings. The molecule has 3 amide bonds. The van der Waals surface area contributed by atoms with Gasteiger partial charge in [0.15, 0.2) is 0 Å². The minimum atomic E-state index is -4.48. The van der Waals surface area contributed by atoms with E-state index in [0.29, 0.717) is 0 Å². The average molecular weight is 345 g/mol. The van der Waals surface area contributed by atoms with Crippen molar-refractivity contribution in [3.63, 3.8) is 0 Å². The van der Waals surface area contributed by atoms with Crippen molar-refractivity contribution in [1.29, 1.82) is 0 Å². The van der Waals surface area contributed by atoms with Crippen LogP contribution in [0.25, 0.3) is 0 Å². The summed E-state index contributed by atoms with van der Waals surface area (Å²) >= 11 is 0. The van der Waals surface area contributed by atoms with Crippen LogP contribution in [0.3, 0.4) is 0 Å². The van der Waals surface area contributed by atoms with Gasteiger partial charge in [-0.25, -0.2) is 4.79 Å². The number of aliphatic hydroxyl groups is 1. The van der Waals surface area contributed by atoms with Crippen molar-refractivity contribution in [2.24, 2.45) is 0 Å². The molecule has 9 heteroatoms. The SMILES string of the molecule is C[C@@H](O)C(=O)N1CCN(C(=O)Nc2cccc(C(F)(F)F)c2)CC1. The van der Waals surface area contributed by atoms with Crippen molar-refractivity contribution in [1.82, 2.24) is 9.80 Å². The highest BCUT2D eigenvalue weighted by molar-refractivity contribution is 5.89. The van der Waals surface area contributed by atoms with Gasteiger partial charge in [-0.3, -0.25) is 4.79 Å². The standard InChI is InChI=1S/C15H18F3N3O3/c1-10(22)13(23)20-5-7-21(8-6-20)14(24)19-12-4-2-3-11(9-12)15(16,17)18/h2-4,9-10,22H,5-8H2,1H3,(H,19,24)/t10-/m1/s1. The average Bonchev–Trinajstić information content (AvgIpc) is 2.53. The summed E-state index contributed by atoms with van der Waals surface area (Å²) in [5, 5.41) is 11.7. The summed E-state index contributed by atoms with van der Waals surface area (Å²) in [5.74, 6) is -0.409. The first-order chi connectivity index (χ1) is 11.2. The first kappa shape index (κ1) is 18.1. The minimum absolute atomic E-state index is 0.0531. The molecule has 1 aliphatic heterocycles. The first-order valence-electron chi connectivity index (χ1n) is 7.38. The smallest absolute Gasteiger partial charge is 0.384 e. The summed E-state index contributed by atoms with van der Waals surface area (Å²) in [6, 6.07) is 3.86. The quantitative estimate of drug-likeness (QED) is 0.858. The van der Waals surface area contributed by atoms with E-state index >= 15 is 0 Å². The van der Waals surface area contributed by atoms with Gasteiger partial charge in [-0.15, -0.1) is 0 Å². The van der Waals surface area contributed by atoms with Gasteiger partial charge in [0.1, 0.15) is 6.10 Å². The number of hydrogen-bond acceptors (Lipinski definition) is 3. The molecule has 132 valence electrons. The van der Waals surface area contributed by atoms with Crippen LogP contribution in [0.15, 0.2) is 24.3 Å². The van der Waals surface area contributed by atoms with E-state index in [1.54, 1.807) is 0 Å². The van der Waals surface area contributed by atoms with Crippen LogP contribution < -0.4 is 5.32 Å². The van der Waals surface area contributed by atoms with Gasteiger partial charge in [0, 0.05) is 31.9 Å². The van der Waals surface area contributed by atoms with Gasteiger partial charge in [0.25, 0.3) is 5.91 Å². The minimum Gasteiger partial charge on any atom is -0.384 e. The third-order valence-corrected chi connectivity index (χ3v) is 3.68. The first-order valence-corrected chi connectivity index (χ1v) is 7.38. The molecule has 0 aromatic heterocycles. The molecule has 0 saturated carbocycles. The molecule has 1 saturated heterocycles. The largest absolute Gasteiger partial charge is 0.416 e. The topological polar surface area (TPSA) is 72.9 Å². The second-order valence-electron chi connectivity index (χ2n) is 5.50. The highest BCUT2D eigenvalue weighted by atomic mass is 19.4. The predicted molar refractivity (Wildman–Crippen MR) is 80.3 cm³/mol. The summed E-state index contributed by atoms with van der Waals surface area (Å²) in [6.07, 6.45) is -5.58. The van der Waals surface area contributed by atoms with Crippen molar-refractivity contribution in [3.8, 4) is 0 Å². The van der Waals surface area contributed by atoms with Crippen molar-refractivity contribution < 1.29 is 27.9 Å². The van der Waals surface area contributed by atoms with Gasteiger partial charge in [0.2, 0.25) is 0 Å². The van der Waals surface area contributed by atoms with E-state index in [1.807, 2.05) is 0 Å². The summed E-state index contributed by atoms with van der Waals surface area (Å²) in [7, 11) is 0. The molecule has 0 spiro atoms. The van der Waals surface area contributed by atoms with Crippen molar-refractivity contribution in [2.75, 3.05) is 31.5 Å². The van der Waals surface area contributed by atoms with E-state index in [2.05, 4.69) is 5.32 Å². The molecule has 1 atom stereocenters. The number of nitrogens with one attached hydrogen (secondary N) is 1.